The molecule has 1 heterocycles. The molecular weight excluding hydrogens is 222 g/mol. The zero-order valence-electron chi connectivity index (χ0n) is 9.44. The summed E-state index contributed by atoms with van der Waals surface area (Å²) in [6.07, 6.45) is 1.32. The molecule has 0 radical (unpaired) electrons. The van der Waals surface area contributed by atoms with Crippen molar-refractivity contribution < 1.29 is 4.74 Å². The topological polar surface area (TPSA) is 12.5 Å². The molecule has 1 aromatic rings. The molecule has 1 aliphatic rings. The lowest BCUT2D eigenvalue weighted by Crippen LogP contribution is -2.43. The smallest absolute Gasteiger partial charge is 0.0837 e. The summed E-state index contributed by atoms with van der Waals surface area (Å²) in [6, 6.07) is 10.6. The molecule has 1 atom stereocenters. The molecule has 0 bridgehead atoms. The fourth-order valence-corrected chi connectivity index (χ4v) is 2.20. The number of ether oxygens (including phenoxy) is 1. The van der Waals surface area contributed by atoms with E-state index < -0.39 is 0 Å². The molecule has 3 heteroatoms. The van der Waals surface area contributed by atoms with Gasteiger partial charge in [-0.05, 0) is 12.0 Å². The standard InChI is InChI=1S/C13H18ClNO/c14-10-13-11-15(8-9-16-13)7-6-12-4-2-1-3-5-12/h1-5,13H,6-11H2. The molecular formula is C13H18ClNO. The van der Waals surface area contributed by atoms with Crippen LogP contribution in [-0.4, -0.2) is 43.1 Å². The Morgan fingerprint density at radius 2 is 2.12 bits per heavy atom. The minimum atomic E-state index is 0.214. The zero-order valence-corrected chi connectivity index (χ0v) is 10.2. The van der Waals surface area contributed by atoms with Gasteiger partial charge in [0.25, 0.3) is 0 Å². The van der Waals surface area contributed by atoms with Crippen LogP contribution in [0.1, 0.15) is 5.56 Å². The number of morpholine rings is 1. The summed E-state index contributed by atoms with van der Waals surface area (Å²) < 4.78 is 5.54. The average Bonchev–Trinajstić information content (AvgIpc) is 2.38. The second-order valence-corrected chi connectivity index (χ2v) is 4.49. The Kier molecular flexibility index (Phi) is 4.64. The van der Waals surface area contributed by atoms with Crippen LogP contribution in [0.3, 0.4) is 0 Å². The highest BCUT2D eigenvalue weighted by Gasteiger charge is 2.18. The quantitative estimate of drug-likeness (QED) is 0.747. The maximum Gasteiger partial charge on any atom is 0.0837 e. The van der Waals surface area contributed by atoms with Crippen molar-refractivity contribution in [3.05, 3.63) is 35.9 Å². The Labute approximate surface area is 102 Å². The van der Waals surface area contributed by atoms with E-state index in [0.717, 1.165) is 32.7 Å². The van der Waals surface area contributed by atoms with E-state index in [2.05, 4.69) is 35.2 Å². The summed E-state index contributed by atoms with van der Waals surface area (Å²) in [6.45, 7) is 3.91. The molecule has 88 valence electrons. The van der Waals surface area contributed by atoms with Crippen molar-refractivity contribution in [1.29, 1.82) is 0 Å². The summed E-state index contributed by atoms with van der Waals surface area (Å²) in [5, 5.41) is 0. The molecule has 0 saturated carbocycles. The predicted molar refractivity (Wildman–Crippen MR) is 67.0 cm³/mol. The summed E-state index contributed by atoms with van der Waals surface area (Å²) in [7, 11) is 0. The second kappa shape index (κ2) is 6.24. The third-order valence-electron chi connectivity index (χ3n) is 2.95. The van der Waals surface area contributed by atoms with Gasteiger partial charge in [0.05, 0.1) is 12.7 Å². The maximum absolute atomic E-state index is 5.81. The number of halogens is 1. The van der Waals surface area contributed by atoms with E-state index in [9.17, 15) is 0 Å². The normalized spacial score (nSPS) is 22.2. The highest BCUT2D eigenvalue weighted by Crippen LogP contribution is 2.08. The number of alkyl halides is 1. The first-order chi connectivity index (χ1) is 7.88. The fourth-order valence-electron chi connectivity index (χ4n) is 2.01. The molecule has 2 rings (SSSR count). The van der Waals surface area contributed by atoms with E-state index in [0.29, 0.717) is 5.88 Å². The van der Waals surface area contributed by atoms with Gasteiger partial charge in [-0.3, -0.25) is 4.90 Å². The monoisotopic (exact) mass is 239 g/mol. The van der Waals surface area contributed by atoms with E-state index in [1.54, 1.807) is 0 Å². The zero-order chi connectivity index (χ0) is 11.2. The maximum atomic E-state index is 5.81. The predicted octanol–water partition coefficient (Wildman–Crippen LogP) is 2.17. The van der Waals surface area contributed by atoms with Gasteiger partial charge in [0.15, 0.2) is 0 Å². The lowest BCUT2D eigenvalue weighted by atomic mass is 10.1. The molecule has 0 N–H and O–H groups in total. The van der Waals surface area contributed by atoms with Crippen LogP contribution in [0, 0.1) is 0 Å². The van der Waals surface area contributed by atoms with Crippen molar-refractivity contribution in [1.82, 2.24) is 4.90 Å². The van der Waals surface area contributed by atoms with Crippen molar-refractivity contribution in [2.45, 2.75) is 12.5 Å². The van der Waals surface area contributed by atoms with Crippen LogP contribution in [0.4, 0.5) is 0 Å². The van der Waals surface area contributed by atoms with Gasteiger partial charge < -0.3 is 4.74 Å². The van der Waals surface area contributed by atoms with Crippen LogP contribution in [0.15, 0.2) is 30.3 Å². The average molecular weight is 240 g/mol. The third-order valence-corrected chi connectivity index (χ3v) is 3.30. The van der Waals surface area contributed by atoms with Crippen LogP contribution < -0.4 is 0 Å². The summed E-state index contributed by atoms with van der Waals surface area (Å²) >= 11 is 5.81. The minimum Gasteiger partial charge on any atom is -0.374 e. The molecule has 1 fully saturated rings. The van der Waals surface area contributed by atoms with E-state index in [-0.39, 0.29) is 6.10 Å². The summed E-state index contributed by atoms with van der Waals surface area (Å²) in [4.78, 5) is 2.43. The molecule has 0 spiro atoms. The van der Waals surface area contributed by atoms with Crippen LogP contribution in [0.25, 0.3) is 0 Å². The third kappa shape index (κ3) is 3.48. The molecule has 0 amide bonds. The Morgan fingerprint density at radius 1 is 1.31 bits per heavy atom. The van der Waals surface area contributed by atoms with Crippen LogP contribution in [0.2, 0.25) is 0 Å². The first kappa shape index (κ1) is 11.9. The van der Waals surface area contributed by atoms with Gasteiger partial charge in [-0.2, -0.15) is 0 Å². The van der Waals surface area contributed by atoms with E-state index in [4.69, 9.17) is 16.3 Å². The summed E-state index contributed by atoms with van der Waals surface area (Å²) in [5.74, 6) is 0.599. The first-order valence-electron chi connectivity index (χ1n) is 5.82. The van der Waals surface area contributed by atoms with Gasteiger partial charge >= 0.3 is 0 Å². The van der Waals surface area contributed by atoms with Crippen molar-refractivity contribution in [3.8, 4) is 0 Å². The van der Waals surface area contributed by atoms with Crippen molar-refractivity contribution in [2.75, 3.05) is 32.1 Å². The summed E-state index contributed by atoms with van der Waals surface area (Å²) in [5.41, 5.74) is 1.40. The Hall–Kier alpha value is -0.570. The van der Waals surface area contributed by atoms with Gasteiger partial charge in [-0.1, -0.05) is 30.3 Å². The van der Waals surface area contributed by atoms with Gasteiger partial charge in [0, 0.05) is 25.5 Å². The van der Waals surface area contributed by atoms with Crippen LogP contribution in [0.5, 0.6) is 0 Å². The number of hydrogen-bond acceptors (Lipinski definition) is 2. The molecule has 1 aromatic carbocycles. The molecule has 2 nitrogen and oxygen atoms in total. The van der Waals surface area contributed by atoms with E-state index in [1.807, 2.05) is 0 Å². The molecule has 0 aliphatic carbocycles. The van der Waals surface area contributed by atoms with Gasteiger partial charge in [-0.25, -0.2) is 0 Å². The van der Waals surface area contributed by atoms with Crippen LogP contribution in [-0.2, 0) is 11.2 Å². The van der Waals surface area contributed by atoms with Gasteiger partial charge in [-0.15, -0.1) is 11.6 Å². The number of hydrogen-bond donors (Lipinski definition) is 0. The Balaban J connectivity index is 1.77. The van der Waals surface area contributed by atoms with Crippen molar-refractivity contribution in [3.63, 3.8) is 0 Å². The Morgan fingerprint density at radius 3 is 2.88 bits per heavy atom. The van der Waals surface area contributed by atoms with Crippen molar-refractivity contribution in [2.24, 2.45) is 0 Å². The van der Waals surface area contributed by atoms with Crippen molar-refractivity contribution >= 4 is 11.6 Å². The van der Waals surface area contributed by atoms with Gasteiger partial charge in [0.1, 0.15) is 0 Å². The van der Waals surface area contributed by atoms with E-state index >= 15 is 0 Å². The lowest BCUT2D eigenvalue weighted by Gasteiger charge is -2.31. The first-order valence-corrected chi connectivity index (χ1v) is 6.36. The second-order valence-electron chi connectivity index (χ2n) is 4.18. The highest BCUT2D eigenvalue weighted by atomic mass is 35.5. The lowest BCUT2D eigenvalue weighted by molar-refractivity contribution is -0.0159. The number of benzene rings is 1. The number of rotatable bonds is 4. The van der Waals surface area contributed by atoms with Gasteiger partial charge in [0.2, 0.25) is 0 Å². The Bertz CT molecular complexity index is 304. The molecule has 0 aromatic heterocycles. The van der Waals surface area contributed by atoms with Crippen LogP contribution >= 0.6 is 11.6 Å². The SMILES string of the molecule is ClCC1CN(CCc2ccccc2)CCO1. The molecule has 16 heavy (non-hydrogen) atoms. The largest absolute Gasteiger partial charge is 0.374 e. The molecule has 1 aliphatic heterocycles. The fraction of sp³-hybridized carbons (Fsp3) is 0.538. The molecule has 1 saturated heterocycles. The minimum absolute atomic E-state index is 0.214. The highest BCUT2D eigenvalue weighted by molar-refractivity contribution is 6.18. The molecule has 1 unspecified atom stereocenters. The number of nitrogens with zero attached hydrogens (tertiary/aromatic N) is 1. The van der Waals surface area contributed by atoms with E-state index in [1.165, 1.54) is 5.56 Å².